The fourth-order valence-electron chi connectivity index (χ4n) is 0.285. The molecule has 8 heavy (non-hydrogen) atoms. The molecule has 0 aromatic carbocycles. The molecule has 0 saturated heterocycles. The van der Waals surface area contributed by atoms with Gasteiger partial charge in [0.25, 0.3) is 0 Å². The van der Waals surface area contributed by atoms with E-state index in [4.69, 9.17) is 0 Å². The molecule has 51 valence electrons. The van der Waals surface area contributed by atoms with Crippen molar-refractivity contribution in [2.45, 2.75) is 19.3 Å². The maximum atomic E-state index is 9.56. The Bertz CT molecular complexity index is 55.4. The Balaban J connectivity index is 0. The summed E-state index contributed by atoms with van der Waals surface area (Å²) >= 11 is 0. The van der Waals surface area contributed by atoms with Crippen LogP contribution in [0.3, 0.4) is 0 Å². The van der Waals surface area contributed by atoms with Crippen LogP contribution in [-0.4, -0.2) is 12.6 Å². The summed E-state index contributed by atoms with van der Waals surface area (Å²) in [7, 11) is 0. The van der Waals surface area contributed by atoms with E-state index in [-0.39, 0.29) is 22.4 Å². The van der Waals surface area contributed by atoms with Crippen molar-refractivity contribution in [3.63, 3.8) is 0 Å². The number of aldehydes is 2. The first-order chi connectivity index (χ1) is 3.41. The SMILES string of the molecule is O=CCCCC=O.[Ag]. The number of carbonyl (C=O) groups is 2. The zero-order valence-electron chi connectivity index (χ0n) is 4.39. The molecule has 0 aromatic heterocycles. The molecular formula is C5H8AgO2. The van der Waals surface area contributed by atoms with E-state index in [9.17, 15) is 9.59 Å². The Morgan fingerprint density at radius 2 is 1.38 bits per heavy atom. The number of hydrogen-bond donors (Lipinski definition) is 0. The number of hydrogen-bond acceptors (Lipinski definition) is 2. The van der Waals surface area contributed by atoms with Gasteiger partial charge in [0.2, 0.25) is 0 Å². The second-order valence-corrected chi connectivity index (χ2v) is 1.26. The van der Waals surface area contributed by atoms with Crippen LogP contribution in [-0.2, 0) is 32.0 Å². The van der Waals surface area contributed by atoms with Gasteiger partial charge in [-0.3, -0.25) is 0 Å². The minimum atomic E-state index is 0. The Morgan fingerprint density at radius 3 is 1.62 bits per heavy atom. The summed E-state index contributed by atoms with van der Waals surface area (Å²) < 4.78 is 0. The van der Waals surface area contributed by atoms with E-state index in [0.29, 0.717) is 19.3 Å². The van der Waals surface area contributed by atoms with Gasteiger partial charge in [-0.25, -0.2) is 0 Å². The molecule has 1 radical (unpaired) electrons. The van der Waals surface area contributed by atoms with Crippen molar-refractivity contribution < 1.29 is 32.0 Å². The molecule has 0 atom stereocenters. The van der Waals surface area contributed by atoms with Crippen molar-refractivity contribution in [1.82, 2.24) is 0 Å². The molecule has 0 unspecified atom stereocenters. The Labute approximate surface area is 64.2 Å². The van der Waals surface area contributed by atoms with E-state index in [1.807, 2.05) is 0 Å². The van der Waals surface area contributed by atoms with Gasteiger partial charge in [0.05, 0.1) is 0 Å². The summed E-state index contributed by atoms with van der Waals surface area (Å²) in [6.45, 7) is 0. The zero-order chi connectivity index (χ0) is 5.54. The van der Waals surface area contributed by atoms with Gasteiger partial charge in [0.1, 0.15) is 12.6 Å². The molecule has 2 nitrogen and oxygen atoms in total. The Hall–Kier alpha value is 0.0803. The minimum absolute atomic E-state index is 0. The van der Waals surface area contributed by atoms with Gasteiger partial charge in [-0.05, 0) is 6.42 Å². The van der Waals surface area contributed by atoms with E-state index in [0.717, 1.165) is 12.6 Å². The molecule has 0 saturated carbocycles. The molecular weight excluding hydrogens is 200 g/mol. The predicted molar refractivity (Wildman–Crippen MR) is 26.0 cm³/mol. The summed E-state index contributed by atoms with van der Waals surface area (Å²) in [5, 5.41) is 0. The van der Waals surface area contributed by atoms with Crippen LogP contribution in [0.1, 0.15) is 19.3 Å². The van der Waals surface area contributed by atoms with Crippen LogP contribution in [0, 0.1) is 0 Å². The normalized spacial score (nSPS) is 7.00. The average Bonchev–Trinajstić information content (AvgIpc) is 1.69. The third kappa shape index (κ3) is 9.43. The van der Waals surface area contributed by atoms with Crippen molar-refractivity contribution in [2.75, 3.05) is 0 Å². The summed E-state index contributed by atoms with van der Waals surface area (Å²) in [5.74, 6) is 0. The topological polar surface area (TPSA) is 34.1 Å². The molecule has 0 aliphatic rings. The van der Waals surface area contributed by atoms with Gasteiger partial charge < -0.3 is 9.59 Å². The number of carbonyl (C=O) groups excluding carboxylic acids is 2. The second-order valence-electron chi connectivity index (χ2n) is 1.26. The van der Waals surface area contributed by atoms with Crippen molar-refractivity contribution >= 4 is 12.6 Å². The fraction of sp³-hybridized carbons (Fsp3) is 0.600. The summed E-state index contributed by atoms with van der Waals surface area (Å²) in [5.41, 5.74) is 0. The molecule has 0 heterocycles. The second kappa shape index (κ2) is 10.1. The minimum Gasteiger partial charge on any atom is -0.303 e. The first-order valence-electron chi connectivity index (χ1n) is 2.29. The first kappa shape index (κ1) is 11.0. The largest absolute Gasteiger partial charge is 0.303 e. The standard InChI is InChI=1S/C5H8O2.Ag/c6-4-2-1-3-5-7;/h4-5H,1-3H2;. The summed E-state index contributed by atoms with van der Waals surface area (Å²) in [6, 6.07) is 0. The van der Waals surface area contributed by atoms with Crippen LogP contribution in [0.15, 0.2) is 0 Å². The average molecular weight is 208 g/mol. The first-order valence-corrected chi connectivity index (χ1v) is 2.29. The number of rotatable bonds is 4. The van der Waals surface area contributed by atoms with Crippen LogP contribution in [0.4, 0.5) is 0 Å². The molecule has 0 aliphatic heterocycles. The zero-order valence-corrected chi connectivity index (χ0v) is 5.88. The van der Waals surface area contributed by atoms with Crippen LogP contribution >= 0.6 is 0 Å². The molecule has 0 rings (SSSR count). The molecule has 3 heteroatoms. The van der Waals surface area contributed by atoms with Crippen molar-refractivity contribution in [3.05, 3.63) is 0 Å². The van der Waals surface area contributed by atoms with Gasteiger partial charge in [-0.15, -0.1) is 0 Å². The van der Waals surface area contributed by atoms with Gasteiger partial charge in [0, 0.05) is 35.2 Å². The maximum absolute atomic E-state index is 9.56. The number of unbranched alkanes of at least 4 members (excludes halogenated alkanes) is 2. The predicted octanol–water partition coefficient (Wildman–Crippen LogP) is 0.552. The van der Waals surface area contributed by atoms with E-state index in [1.165, 1.54) is 0 Å². The van der Waals surface area contributed by atoms with Gasteiger partial charge in [-0.1, -0.05) is 0 Å². The van der Waals surface area contributed by atoms with Gasteiger partial charge >= 0.3 is 0 Å². The van der Waals surface area contributed by atoms with Crippen LogP contribution in [0.25, 0.3) is 0 Å². The van der Waals surface area contributed by atoms with Gasteiger partial charge in [0.15, 0.2) is 0 Å². The van der Waals surface area contributed by atoms with Crippen molar-refractivity contribution in [1.29, 1.82) is 0 Å². The van der Waals surface area contributed by atoms with E-state index >= 15 is 0 Å². The molecule has 0 spiro atoms. The Morgan fingerprint density at radius 1 is 1.00 bits per heavy atom. The molecule has 0 amide bonds. The summed E-state index contributed by atoms with van der Waals surface area (Å²) in [6.07, 6.45) is 3.37. The fourth-order valence-corrected chi connectivity index (χ4v) is 0.285. The van der Waals surface area contributed by atoms with E-state index in [2.05, 4.69) is 0 Å². The molecule has 0 fully saturated rings. The van der Waals surface area contributed by atoms with Crippen molar-refractivity contribution in [3.8, 4) is 0 Å². The Kier molecular flexibility index (Phi) is 13.9. The molecule has 0 aliphatic carbocycles. The smallest absolute Gasteiger partial charge is 0.120 e. The quantitative estimate of drug-likeness (QED) is 0.384. The maximum Gasteiger partial charge on any atom is 0.120 e. The third-order valence-corrected chi connectivity index (χ3v) is 0.644. The van der Waals surface area contributed by atoms with Crippen LogP contribution < -0.4 is 0 Å². The monoisotopic (exact) mass is 207 g/mol. The van der Waals surface area contributed by atoms with Crippen molar-refractivity contribution in [2.24, 2.45) is 0 Å². The van der Waals surface area contributed by atoms with Crippen LogP contribution in [0.2, 0.25) is 0 Å². The third-order valence-electron chi connectivity index (χ3n) is 0.644. The molecule has 0 bridgehead atoms. The van der Waals surface area contributed by atoms with E-state index < -0.39 is 0 Å². The molecule has 0 N–H and O–H groups in total. The van der Waals surface area contributed by atoms with Crippen LogP contribution in [0.5, 0.6) is 0 Å². The van der Waals surface area contributed by atoms with E-state index in [1.54, 1.807) is 0 Å². The van der Waals surface area contributed by atoms with Gasteiger partial charge in [-0.2, -0.15) is 0 Å². The molecule has 0 aromatic rings. The summed E-state index contributed by atoms with van der Waals surface area (Å²) in [4.78, 5) is 19.1.